The zero-order chi connectivity index (χ0) is 13.7. The van der Waals surface area contributed by atoms with Gasteiger partial charge in [0.1, 0.15) is 5.75 Å². The molecule has 0 amide bonds. The molecule has 0 aliphatic carbocycles. The van der Waals surface area contributed by atoms with E-state index in [9.17, 15) is 0 Å². The number of aromatic nitrogens is 1. The third-order valence-corrected chi connectivity index (χ3v) is 2.60. The van der Waals surface area contributed by atoms with E-state index in [1.807, 2.05) is 50.2 Å². The minimum atomic E-state index is -0.0789. The van der Waals surface area contributed by atoms with Crippen LogP contribution in [-0.2, 0) is 0 Å². The Labute approximate surface area is 113 Å². The molecule has 4 nitrogen and oxygen atoms in total. The summed E-state index contributed by atoms with van der Waals surface area (Å²) in [6, 6.07) is 11.2. The Morgan fingerprint density at radius 1 is 1.16 bits per heavy atom. The number of nitrogens with two attached hydrogens (primary N) is 1. The van der Waals surface area contributed by atoms with E-state index in [1.54, 1.807) is 6.20 Å². The number of rotatable bonds is 5. The van der Waals surface area contributed by atoms with Gasteiger partial charge in [-0.2, -0.15) is 0 Å². The molecule has 100 valence electrons. The number of benzene rings is 1. The number of para-hydroxylation sites is 2. The summed E-state index contributed by atoms with van der Waals surface area (Å²) in [7, 11) is 0. The Hall–Kier alpha value is -2.07. The monoisotopic (exact) mass is 258 g/mol. The second kappa shape index (κ2) is 6.20. The minimum absolute atomic E-state index is 0.0789. The molecule has 2 N–H and O–H groups in total. The van der Waals surface area contributed by atoms with Crippen LogP contribution in [0.15, 0.2) is 42.6 Å². The summed E-state index contributed by atoms with van der Waals surface area (Å²) in [5.41, 5.74) is 6.60. The van der Waals surface area contributed by atoms with Crippen molar-refractivity contribution in [1.82, 2.24) is 4.98 Å². The smallest absolute Gasteiger partial charge is 0.169 e. The first-order valence-electron chi connectivity index (χ1n) is 6.32. The lowest BCUT2D eigenvalue weighted by Gasteiger charge is -2.11. The van der Waals surface area contributed by atoms with Gasteiger partial charge < -0.3 is 15.2 Å². The fourth-order valence-electron chi connectivity index (χ4n) is 1.66. The number of hydrogen-bond acceptors (Lipinski definition) is 4. The molecule has 2 aromatic rings. The first-order chi connectivity index (χ1) is 9.20. The Morgan fingerprint density at radius 2 is 1.89 bits per heavy atom. The van der Waals surface area contributed by atoms with Crippen LogP contribution in [0, 0.1) is 0 Å². The summed E-state index contributed by atoms with van der Waals surface area (Å²) in [5, 5.41) is 0. The molecule has 19 heavy (non-hydrogen) atoms. The van der Waals surface area contributed by atoms with Gasteiger partial charge >= 0.3 is 0 Å². The first kappa shape index (κ1) is 13.4. The van der Waals surface area contributed by atoms with Gasteiger partial charge in [0.05, 0.1) is 18.5 Å². The zero-order valence-corrected chi connectivity index (χ0v) is 11.2. The van der Waals surface area contributed by atoms with Crippen molar-refractivity contribution < 1.29 is 9.47 Å². The molecule has 0 saturated heterocycles. The average molecular weight is 258 g/mol. The maximum Gasteiger partial charge on any atom is 0.169 e. The van der Waals surface area contributed by atoms with Gasteiger partial charge in [-0.05, 0) is 38.1 Å². The lowest BCUT2D eigenvalue weighted by atomic mass is 10.2. The van der Waals surface area contributed by atoms with Crippen molar-refractivity contribution in [2.75, 3.05) is 6.61 Å². The number of hydrogen-bond donors (Lipinski definition) is 1. The van der Waals surface area contributed by atoms with Gasteiger partial charge in [0.25, 0.3) is 0 Å². The van der Waals surface area contributed by atoms with Crippen molar-refractivity contribution >= 4 is 0 Å². The molecular weight excluding hydrogens is 240 g/mol. The van der Waals surface area contributed by atoms with E-state index >= 15 is 0 Å². The summed E-state index contributed by atoms with van der Waals surface area (Å²) in [5.74, 6) is 2.07. The summed E-state index contributed by atoms with van der Waals surface area (Å²) in [6.07, 6.45) is 1.67. The maximum atomic E-state index is 5.77. The Bertz CT molecular complexity index is 524. The van der Waals surface area contributed by atoms with Crippen molar-refractivity contribution in [2.24, 2.45) is 5.73 Å². The second-order valence-corrected chi connectivity index (χ2v) is 4.19. The Morgan fingerprint density at radius 3 is 2.47 bits per heavy atom. The van der Waals surface area contributed by atoms with Crippen LogP contribution in [0.3, 0.4) is 0 Å². The molecule has 0 bridgehead atoms. The number of nitrogens with zero attached hydrogens (tertiary/aromatic N) is 1. The van der Waals surface area contributed by atoms with Gasteiger partial charge in [-0.3, -0.25) is 4.98 Å². The van der Waals surface area contributed by atoms with E-state index in [1.165, 1.54) is 0 Å². The quantitative estimate of drug-likeness (QED) is 0.894. The highest BCUT2D eigenvalue weighted by Gasteiger charge is 2.06. The van der Waals surface area contributed by atoms with Crippen LogP contribution in [0.1, 0.15) is 25.6 Å². The molecule has 0 unspecified atom stereocenters. The van der Waals surface area contributed by atoms with E-state index in [4.69, 9.17) is 15.2 Å². The molecule has 0 spiro atoms. The summed E-state index contributed by atoms with van der Waals surface area (Å²) in [6.45, 7) is 4.44. The highest BCUT2D eigenvalue weighted by atomic mass is 16.5. The maximum absolute atomic E-state index is 5.77. The van der Waals surface area contributed by atoms with Crippen LogP contribution in [-0.4, -0.2) is 11.6 Å². The van der Waals surface area contributed by atoms with Crippen molar-refractivity contribution in [3.8, 4) is 17.2 Å². The van der Waals surface area contributed by atoms with Crippen molar-refractivity contribution in [3.05, 3.63) is 48.3 Å². The molecule has 0 aliphatic heterocycles. The molecule has 1 aromatic carbocycles. The van der Waals surface area contributed by atoms with Crippen LogP contribution in [0.4, 0.5) is 0 Å². The number of ether oxygens (including phenoxy) is 2. The largest absolute Gasteiger partial charge is 0.490 e. The highest BCUT2D eigenvalue weighted by molar-refractivity contribution is 5.42. The van der Waals surface area contributed by atoms with Gasteiger partial charge in [-0.15, -0.1) is 0 Å². The molecule has 0 saturated carbocycles. The van der Waals surface area contributed by atoms with Gasteiger partial charge in [0.15, 0.2) is 11.5 Å². The highest BCUT2D eigenvalue weighted by Crippen LogP contribution is 2.31. The number of pyridine rings is 1. The lowest BCUT2D eigenvalue weighted by molar-refractivity contribution is 0.321. The normalized spacial score (nSPS) is 11.9. The van der Waals surface area contributed by atoms with Gasteiger partial charge in [0, 0.05) is 6.04 Å². The third kappa shape index (κ3) is 3.45. The molecule has 0 radical (unpaired) electrons. The van der Waals surface area contributed by atoms with Gasteiger partial charge in [0.2, 0.25) is 0 Å². The van der Waals surface area contributed by atoms with Crippen molar-refractivity contribution in [3.63, 3.8) is 0 Å². The predicted octanol–water partition coefficient (Wildman–Crippen LogP) is 3.29. The predicted molar refractivity (Wildman–Crippen MR) is 74.5 cm³/mol. The van der Waals surface area contributed by atoms with Crippen LogP contribution in [0.25, 0.3) is 0 Å². The van der Waals surface area contributed by atoms with Gasteiger partial charge in [-0.1, -0.05) is 12.1 Å². The summed E-state index contributed by atoms with van der Waals surface area (Å²) < 4.78 is 11.3. The Balaban J connectivity index is 2.16. The molecule has 1 heterocycles. The Kier molecular flexibility index (Phi) is 4.36. The van der Waals surface area contributed by atoms with Crippen molar-refractivity contribution in [2.45, 2.75) is 19.9 Å². The summed E-state index contributed by atoms with van der Waals surface area (Å²) >= 11 is 0. The van der Waals surface area contributed by atoms with Crippen LogP contribution >= 0.6 is 0 Å². The molecule has 1 atom stereocenters. The topological polar surface area (TPSA) is 57.4 Å². The minimum Gasteiger partial charge on any atom is -0.490 e. The van der Waals surface area contributed by atoms with E-state index < -0.39 is 0 Å². The molecule has 1 aromatic heterocycles. The molecule has 0 fully saturated rings. The van der Waals surface area contributed by atoms with Crippen LogP contribution in [0.2, 0.25) is 0 Å². The van der Waals surface area contributed by atoms with E-state index in [-0.39, 0.29) is 6.04 Å². The third-order valence-electron chi connectivity index (χ3n) is 2.60. The zero-order valence-electron chi connectivity index (χ0n) is 11.2. The first-order valence-corrected chi connectivity index (χ1v) is 6.32. The fraction of sp³-hybridized carbons (Fsp3) is 0.267. The standard InChI is InChI=1S/C15H18N2O2/c1-3-18-14-6-4-5-7-15(14)19-12-8-9-13(11(2)16)17-10-12/h4-11H,3,16H2,1-2H3/t11-/m1/s1. The second-order valence-electron chi connectivity index (χ2n) is 4.19. The van der Waals surface area contributed by atoms with E-state index in [2.05, 4.69) is 4.98 Å². The molecular formula is C15H18N2O2. The van der Waals surface area contributed by atoms with Crippen molar-refractivity contribution in [1.29, 1.82) is 0 Å². The summed E-state index contributed by atoms with van der Waals surface area (Å²) in [4.78, 5) is 4.26. The molecule has 4 heteroatoms. The van der Waals surface area contributed by atoms with E-state index in [0.717, 1.165) is 11.4 Å². The molecule has 0 aliphatic rings. The lowest BCUT2D eigenvalue weighted by Crippen LogP contribution is -2.06. The van der Waals surface area contributed by atoms with E-state index in [0.29, 0.717) is 18.1 Å². The molecule has 2 rings (SSSR count). The van der Waals surface area contributed by atoms with Gasteiger partial charge in [-0.25, -0.2) is 0 Å². The average Bonchev–Trinajstić information content (AvgIpc) is 2.42. The van der Waals surface area contributed by atoms with Crippen LogP contribution < -0.4 is 15.2 Å². The van der Waals surface area contributed by atoms with Crippen LogP contribution in [0.5, 0.6) is 17.2 Å². The fourth-order valence-corrected chi connectivity index (χ4v) is 1.66. The SMILES string of the molecule is CCOc1ccccc1Oc1ccc([C@@H](C)N)nc1.